The third-order valence-electron chi connectivity index (χ3n) is 2.75. The zero-order chi connectivity index (χ0) is 14.6. The Morgan fingerprint density at radius 1 is 1.35 bits per heavy atom. The summed E-state index contributed by atoms with van der Waals surface area (Å²) in [5.74, 6) is 0. The lowest BCUT2D eigenvalue weighted by molar-refractivity contribution is 0.601. The number of aryl methyl sites for hydroxylation is 1. The van der Waals surface area contributed by atoms with Crippen LogP contribution in [0, 0.1) is 0 Å². The minimum atomic E-state index is -3.58. The van der Waals surface area contributed by atoms with Gasteiger partial charge in [0.15, 0.2) is 0 Å². The van der Waals surface area contributed by atoms with E-state index in [2.05, 4.69) is 15.1 Å². The molecule has 0 fully saturated rings. The Balaban J connectivity index is 2.17. The molecule has 7 heteroatoms. The number of hydrogen-bond acceptors (Lipinski definition) is 4. The number of sulfonamides is 1. The van der Waals surface area contributed by atoms with Crippen molar-refractivity contribution in [2.45, 2.75) is 18.4 Å². The highest BCUT2D eigenvalue weighted by atomic mass is 32.2. The molecule has 6 nitrogen and oxygen atoms in total. The number of rotatable bonds is 6. The monoisotopic (exact) mass is 294 g/mol. The van der Waals surface area contributed by atoms with Gasteiger partial charge < -0.3 is 5.32 Å². The SMILES string of the molecule is CCNCc1cccc(NS(=O)(=O)c2cnn(C)c2)c1. The summed E-state index contributed by atoms with van der Waals surface area (Å²) in [6.45, 7) is 3.60. The van der Waals surface area contributed by atoms with E-state index in [9.17, 15) is 8.42 Å². The van der Waals surface area contributed by atoms with Gasteiger partial charge in [0.2, 0.25) is 0 Å². The molecule has 0 bridgehead atoms. The highest BCUT2D eigenvalue weighted by Gasteiger charge is 2.16. The Bertz CT molecular complexity index is 679. The topological polar surface area (TPSA) is 76.0 Å². The number of anilines is 1. The molecule has 1 aromatic heterocycles. The van der Waals surface area contributed by atoms with E-state index in [0.717, 1.165) is 12.1 Å². The molecule has 1 heterocycles. The van der Waals surface area contributed by atoms with E-state index in [1.807, 2.05) is 25.1 Å². The van der Waals surface area contributed by atoms with Crippen molar-refractivity contribution in [1.82, 2.24) is 15.1 Å². The molecule has 0 radical (unpaired) electrons. The van der Waals surface area contributed by atoms with Crippen LogP contribution in [-0.4, -0.2) is 24.7 Å². The fraction of sp³-hybridized carbons (Fsp3) is 0.308. The molecular weight excluding hydrogens is 276 g/mol. The molecule has 108 valence electrons. The highest BCUT2D eigenvalue weighted by Crippen LogP contribution is 2.16. The van der Waals surface area contributed by atoms with Gasteiger partial charge >= 0.3 is 0 Å². The molecule has 0 unspecified atom stereocenters. The predicted octanol–water partition coefficient (Wildman–Crippen LogP) is 1.33. The Morgan fingerprint density at radius 2 is 2.15 bits per heavy atom. The first-order chi connectivity index (χ1) is 9.51. The van der Waals surface area contributed by atoms with Crippen molar-refractivity contribution < 1.29 is 8.42 Å². The number of nitrogens with one attached hydrogen (secondary N) is 2. The maximum absolute atomic E-state index is 12.2. The average Bonchev–Trinajstić information content (AvgIpc) is 2.84. The van der Waals surface area contributed by atoms with E-state index in [4.69, 9.17) is 0 Å². The molecule has 0 amide bonds. The summed E-state index contributed by atoms with van der Waals surface area (Å²) >= 11 is 0. The molecule has 2 aromatic rings. The molecule has 20 heavy (non-hydrogen) atoms. The maximum Gasteiger partial charge on any atom is 0.265 e. The first kappa shape index (κ1) is 14.5. The summed E-state index contributed by atoms with van der Waals surface area (Å²) in [7, 11) is -1.91. The third-order valence-corrected chi connectivity index (χ3v) is 4.09. The Kier molecular flexibility index (Phi) is 4.41. The van der Waals surface area contributed by atoms with E-state index in [-0.39, 0.29) is 4.90 Å². The number of hydrogen-bond donors (Lipinski definition) is 2. The van der Waals surface area contributed by atoms with Crippen molar-refractivity contribution in [3.05, 3.63) is 42.2 Å². The van der Waals surface area contributed by atoms with Gasteiger partial charge in [-0.1, -0.05) is 19.1 Å². The molecule has 0 saturated heterocycles. The van der Waals surface area contributed by atoms with Crippen LogP contribution in [0.25, 0.3) is 0 Å². The molecular formula is C13H18N4O2S. The van der Waals surface area contributed by atoms with Gasteiger partial charge in [-0.25, -0.2) is 8.42 Å². The summed E-state index contributed by atoms with van der Waals surface area (Å²) in [6, 6.07) is 7.32. The fourth-order valence-electron chi connectivity index (χ4n) is 1.77. The maximum atomic E-state index is 12.2. The lowest BCUT2D eigenvalue weighted by Crippen LogP contribution is -2.14. The van der Waals surface area contributed by atoms with Crippen LogP contribution in [-0.2, 0) is 23.6 Å². The first-order valence-electron chi connectivity index (χ1n) is 6.32. The average molecular weight is 294 g/mol. The summed E-state index contributed by atoms with van der Waals surface area (Å²) in [4.78, 5) is 0.150. The van der Waals surface area contributed by atoms with E-state index < -0.39 is 10.0 Å². The normalized spacial score (nSPS) is 11.5. The van der Waals surface area contributed by atoms with Crippen molar-refractivity contribution >= 4 is 15.7 Å². The molecule has 2 N–H and O–H groups in total. The minimum Gasteiger partial charge on any atom is -0.313 e. The van der Waals surface area contributed by atoms with E-state index >= 15 is 0 Å². The number of benzene rings is 1. The lowest BCUT2D eigenvalue weighted by Gasteiger charge is -2.08. The van der Waals surface area contributed by atoms with Crippen LogP contribution in [0.3, 0.4) is 0 Å². The smallest absolute Gasteiger partial charge is 0.265 e. The van der Waals surface area contributed by atoms with Gasteiger partial charge in [0.1, 0.15) is 4.90 Å². The molecule has 2 rings (SSSR count). The van der Waals surface area contributed by atoms with E-state index in [0.29, 0.717) is 12.2 Å². The van der Waals surface area contributed by atoms with Crippen molar-refractivity contribution in [3.63, 3.8) is 0 Å². The van der Waals surface area contributed by atoms with Crippen LogP contribution in [0.1, 0.15) is 12.5 Å². The predicted molar refractivity (Wildman–Crippen MR) is 77.8 cm³/mol. The van der Waals surface area contributed by atoms with Gasteiger partial charge in [0, 0.05) is 25.5 Å². The minimum absolute atomic E-state index is 0.150. The number of aromatic nitrogens is 2. The van der Waals surface area contributed by atoms with E-state index in [1.165, 1.54) is 17.1 Å². The van der Waals surface area contributed by atoms with Crippen LogP contribution >= 0.6 is 0 Å². The van der Waals surface area contributed by atoms with Crippen LogP contribution in [0.15, 0.2) is 41.6 Å². The van der Waals surface area contributed by atoms with Crippen molar-refractivity contribution in [2.75, 3.05) is 11.3 Å². The zero-order valence-corrected chi connectivity index (χ0v) is 12.3. The van der Waals surface area contributed by atoms with E-state index in [1.54, 1.807) is 13.1 Å². The molecule has 0 aliphatic heterocycles. The molecule has 1 aromatic carbocycles. The van der Waals surface area contributed by atoms with Gasteiger partial charge in [-0.2, -0.15) is 5.10 Å². The van der Waals surface area contributed by atoms with Crippen LogP contribution in [0.4, 0.5) is 5.69 Å². The Morgan fingerprint density at radius 3 is 2.80 bits per heavy atom. The second kappa shape index (κ2) is 6.06. The standard InChI is InChI=1S/C13H18N4O2S/c1-3-14-8-11-5-4-6-12(7-11)16-20(18,19)13-9-15-17(2)10-13/h4-7,9-10,14,16H,3,8H2,1-2H3. The van der Waals surface area contributed by atoms with Gasteiger partial charge in [-0.15, -0.1) is 0 Å². The second-order valence-corrected chi connectivity index (χ2v) is 6.12. The second-order valence-electron chi connectivity index (χ2n) is 4.44. The Hall–Kier alpha value is -1.86. The fourth-order valence-corrected chi connectivity index (χ4v) is 2.80. The zero-order valence-electron chi connectivity index (χ0n) is 11.5. The van der Waals surface area contributed by atoms with Gasteiger partial charge in [-0.3, -0.25) is 9.40 Å². The van der Waals surface area contributed by atoms with Crippen LogP contribution < -0.4 is 10.0 Å². The highest BCUT2D eigenvalue weighted by molar-refractivity contribution is 7.92. The van der Waals surface area contributed by atoms with Gasteiger partial charge in [0.25, 0.3) is 10.0 Å². The van der Waals surface area contributed by atoms with Crippen molar-refractivity contribution in [3.8, 4) is 0 Å². The molecule has 0 aliphatic carbocycles. The third kappa shape index (κ3) is 3.58. The number of nitrogens with zero attached hydrogens (tertiary/aromatic N) is 2. The van der Waals surface area contributed by atoms with Crippen LogP contribution in [0.2, 0.25) is 0 Å². The summed E-state index contributed by atoms with van der Waals surface area (Å²) in [5.41, 5.74) is 1.57. The largest absolute Gasteiger partial charge is 0.313 e. The summed E-state index contributed by atoms with van der Waals surface area (Å²) in [6.07, 6.45) is 2.79. The molecule has 0 atom stereocenters. The quantitative estimate of drug-likeness (QED) is 0.843. The molecule has 0 saturated carbocycles. The van der Waals surface area contributed by atoms with Crippen LogP contribution in [0.5, 0.6) is 0 Å². The van der Waals surface area contributed by atoms with Crippen molar-refractivity contribution in [1.29, 1.82) is 0 Å². The molecule has 0 aliphatic rings. The molecule has 0 spiro atoms. The Labute approximate surface area is 118 Å². The van der Waals surface area contributed by atoms with Gasteiger partial charge in [0.05, 0.1) is 6.20 Å². The lowest BCUT2D eigenvalue weighted by atomic mass is 10.2. The van der Waals surface area contributed by atoms with Gasteiger partial charge in [-0.05, 0) is 24.2 Å². The summed E-state index contributed by atoms with van der Waals surface area (Å²) < 4.78 is 28.3. The van der Waals surface area contributed by atoms with Crippen molar-refractivity contribution in [2.24, 2.45) is 7.05 Å². The summed E-state index contributed by atoms with van der Waals surface area (Å²) in [5, 5.41) is 7.07. The first-order valence-corrected chi connectivity index (χ1v) is 7.80.